The van der Waals surface area contributed by atoms with Crippen molar-refractivity contribution in [1.29, 1.82) is 0 Å². The molecule has 4 aromatic rings. The van der Waals surface area contributed by atoms with Crippen LogP contribution < -0.4 is 4.90 Å². The van der Waals surface area contributed by atoms with Crippen LogP contribution in [0.1, 0.15) is 43.7 Å². The lowest BCUT2D eigenvalue weighted by atomic mass is 9.88. The number of nitrogens with zero attached hydrogens (tertiary/aromatic N) is 2. The van der Waals surface area contributed by atoms with Crippen LogP contribution >= 0.6 is 21.1 Å². The first-order valence-electron chi connectivity index (χ1n) is 12.1. The number of aryl methyl sites for hydroxylation is 1. The Morgan fingerprint density at radius 2 is 1.69 bits per heavy atom. The van der Waals surface area contributed by atoms with E-state index in [1.54, 1.807) is 0 Å². The van der Waals surface area contributed by atoms with Gasteiger partial charge in [0, 0.05) is 32.6 Å². The number of fused-ring (bicyclic) bond motifs is 1. The maximum Gasteiger partial charge on any atom is 0.108 e. The molecule has 4 nitrogen and oxygen atoms in total. The Labute approximate surface area is 221 Å². The predicted molar refractivity (Wildman–Crippen MR) is 155 cm³/mol. The van der Waals surface area contributed by atoms with Gasteiger partial charge < -0.3 is 14.2 Å². The quantitative estimate of drug-likeness (QED) is 0.219. The van der Waals surface area contributed by atoms with E-state index < -0.39 is 0 Å². The monoisotopic (exact) mass is 520 g/mol. The molecule has 0 saturated carbocycles. The van der Waals surface area contributed by atoms with Gasteiger partial charge >= 0.3 is 0 Å². The van der Waals surface area contributed by atoms with Gasteiger partial charge in [-0.15, -0.1) is 0 Å². The average Bonchev–Trinajstić information content (AvgIpc) is 2.83. The van der Waals surface area contributed by atoms with Crippen LogP contribution in [0.15, 0.2) is 72.8 Å². The molecule has 6 heteroatoms. The Morgan fingerprint density at radius 3 is 2.33 bits per heavy atom. The summed E-state index contributed by atoms with van der Waals surface area (Å²) in [7, 11) is 4.45. The number of aromatic nitrogens is 1. The van der Waals surface area contributed by atoms with Crippen molar-refractivity contribution in [2.24, 2.45) is 0 Å². The number of benzene rings is 3. The Bertz CT molecular complexity index is 1320. The highest BCUT2D eigenvalue weighted by atomic mass is 35.5. The standard InChI is InChI=1S/C30H34ClN2O2P/c1-20-17-26-25(16-15-23(32-26)18-33(5)24-9-7-6-8-10-24)29(21-11-13-22(31)14-12-21)28(20)27(19-34-36)35-30(2,3)4/h6-17,27H,18-19,36H2,1-5H3/t27-/m1/s1. The second-order valence-electron chi connectivity index (χ2n) is 10.1. The molecule has 0 fully saturated rings. The zero-order chi connectivity index (χ0) is 25.9. The van der Waals surface area contributed by atoms with E-state index in [9.17, 15) is 0 Å². The Kier molecular flexibility index (Phi) is 8.32. The van der Waals surface area contributed by atoms with Gasteiger partial charge in [0.2, 0.25) is 0 Å². The molecule has 0 N–H and O–H groups in total. The molecule has 0 amide bonds. The minimum atomic E-state index is -0.337. The molecule has 188 valence electrons. The number of hydrogen-bond donors (Lipinski definition) is 0. The smallest absolute Gasteiger partial charge is 0.108 e. The van der Waals surface area contributed by atoms with E-state index in [-0.39, 0.29) is 11.7 Å². The van der Waals surface area contributed by atoms with Gasteiger partial charge in [-0.1, -0.05) is 48.0 Å². The van der Waals surface area contributed by atoms with Gasteiger partial charge in [-0.25, -0.2) is 0 Å². The van der Waals surface area contributed by atoms with Crippen LogP contribution in [-0.4, -0.2) is 24.2 Å². The van der Waals surface area contributed by atoms with Gasteiger partial charge in [0.25, 0.3) is 0 Å². The average molecular weight is 521 g/mol. The van der Waals surface area contributed by atoms with Crippen molar-refractivity contribution in [2.45, 2.75) is 45.9 Å². The zero-order valence-electron chi connectivity index (χ0n) is 21.6. The number of hydrogen-bond acceptors (Lipinski definition) is 4. The van der Waals surface area contributed by atoms with E-state index in [2.05, 4.69) is 104 Å². The molecule has 0 bridgehead atoms. The summed E-state index contributed by atoms with van der Waals surface area (Å²) in [5.74, 6) is 0. The Hall–Kier alpha value is -2.49. The van der Waals surface area contributed by atoms with Crippen LogP contribution in [0.4, 0.5) is 5.69 Å². The lowest BCUT2D eigenvalue weighted by molar-refractivity contribution is -0.0761. The Balaban J connectivity index is 1.86. The molecule has 0 spiro atoms. The number of anilines is 1. The fourth-order valence-corrected chi connectivity index (χ4v) is 4.90. The summed E-state index contributed by atoms with van der Waals surface area (Å²) < 4.78 is 12.0. The van der Waals surface area contributed by atoms with Crippen LogP contribution in [0.2, 0.25) is 5.02 Å². The van der Waals surface area contributed by atoms with E-state index in [0.717, 1.165) is 44.5 Å². The van der Waals surface area contributed by atoms with Crippen LogP contribution in [0, 0.1) is 6.92 Å². The molecular weight excluding hydrogens is 487 g/mol. The molecule has 0 saturated heterocycles. The highest BCUT2D eigenvalue weighted by Gasteiger charge is 2.27. The molecule has 0 aliphatic rings. The first kappa shape index (κ1) is 26.6. The SMILES string of the molecule is Cc1cc2nc(CN(C)c3ccccc3)ccc2c(-c2ccc(Cl)cc2)c1[C@@H](COP)OC(C)(C)C. The zero-order valence-corrected chi connectivity index (χ0v) is 23.5. The van der Waals surface area contributed by atoms with Crippen LogP contribution in [0.25, 0.3) is 22.0 Å². The van der Waals surface area contributed by atoms with Gasteiger partial charge in [0.1, 0.15) is 6.10 Å². The highest BCUT2D eigenvalue weighted by molar-refractivity contribution is 7.09. The van der Waals surface area contributed by atoms with Crippen molar-refractivity contribution < 1.29 is 9.26 Å². The molecule has 2 atom stereocenters. The van der Waals surface area contributed by atoms with E-state index in [1.807, 2.05) is 18.2 Å². The van der Waals surface area contributed by atoms with Crippen LogP contribution in [0.5, 0.6) is 0 Å². The maximum absolute atomic E-state index is 6.51. The minimum Gasteiger partial charge on any atom is -0.369 e. The largest absolute Gasteiger partial charge is 0.369 e. The molecule has 0 aliphatic heterocycles. The normalized spacial score (nSPS) is 12.6. The molecule has 1 unspecified atom stereocenters. The van der Waals surface area contributed by atoms with Gasteiger partial charge in [0.05, 0.1) is 30.0 Å². The molecular formula is C30H34ClN2O2P. The van der Waals surface area contributed by atoms with Gasteiger partial charge in [0.15, 0.2) is 0 Å². The highest BCUT2D eigenvalue weighted by Crippen LogP contribution is 2.40. The number of para-hydroxylation sites is 1. The summed E-state index contributed by atoms with van der Waals surface area (Å²) in [4.78, 5) is 7.29. The fourth-order valence-electron chi connectivity index (χ4n) is 4.60. The molecule has 4 rings (SSSR count). The summed E-state index contributed by atoms with van der Waals surface area (Å²) in [6, 6.07) is 24.8. The summed E-state index contributed by atoms with van der Waals surface area (Å²) in [6.45, 7) is 9.46. The van der Waals surface area contributed by atoms with Crippen molar-refractivity contribution in [1.82, 2.24) is 4.98 Å². The van der Waals surface area contributed by atoms with Gasteiger partial charge in [-0.05, 0) is 86.3 Å². The lowest BCUT2D eigenvalue weighted by Gasteiger charge is -2.30. The third kappa shape index (κ3) is 6.25. The van der Waals surface area contributed by atoms with E-state index in [1.165, 1.54) is 0 Å². The van der Waals surface area contributed by atoms with Crippen LogP contribution in [-0.2, 0) is 15.8 Å². The number of halogens is 1. The molecule has 0 aliphatic carbocycles. The van der Waals surface area contributed by atoms with E-state index >= 15 is 0 Å². The topological polar surface area (TPSA) is 34.6 Å². The van der Waals surface area contributed by atoms with Gasteiger partial charge in [-0.3, -0.25) is 4.98 Å². The fraction of sp³-hybridized carbons (Fsp3) is 0.300. The van der Waals surface area contributed by atoms with Crippen molar-refractivity contribution in [3.8, 4) is 11.1 Å². The summed E-state index contributed by atoms with van der Waals surface area (Å²) in [6.07, 6.45) is -0.249. The molecule has 1 aromatic heterocycles. The first-order valence-corrected chi connectivity index (χ1v) is 13.0. The lowest BCUT2D eigenvalue weighted by Crippen LogP contribution is -2.25. The van der Waals surface area contributed by atoms with E-state index in [4.69, 9.17) is 25.8 Å². The minimum absolute atomic E-state index is 0.249. The molecule has 0 radical (unpaired) electrons. The number of ether oxygens (including phenoxy) is 1. The van der Waals surface area contributed by atoms with E-state index in [0.29, 0.717) is 18.2 Å². The van der Waals surface area contributed by atoms with Crippen molar-refractivity contribution in [2.75, 3.05) is 18.6 Å². The number of pyridine rings is 1. The second kappa shape index (κ2) is 11.3. The third-order valence-electron chi connectivity index (χ3n) is 6.09. The first-order chi connectivity index (χ1) is 17.2. The summed E-state index contributed by atoms with van der Waals surface area (Å²) >= 11 is 6.24. The molecule has 36 heavy (non-hydrogen) atoms. The number of rotatable bonds is 8. The maximum atomic E-state index is 6.51. The van der Waals surface area contributed by atoms with Crippen molar-refractivity contribution in [3.05, 3.63) is 94.6 Å². The molecule has 3 aromatic carbocycles. The molecule has 1 heterocycles. The second-order valence-corrected chi connectivity index (χ2v) is 10.9. The third-order valence-corrected chi connectivity index (χ3v) is 6.54. The van der Waals surface area contributed by atoms with Crippen molar-refractivity contribution >= 4 is 37.7 Å². The Morgan fingerprint density at radius 1 is 1.00 bits per heavy atom. The van der Waals surface area contributed by atoms with Crippen LogP contribution in [0.3, 0.4) is 0 Å². The summed E-state index contributed by atoms with van der Waals surface area (Å²) in [5, 5.41) is 1.78. The van der Waals surface area contributed by atoms with Crippen molar-refractivity contribution in [3.63, 3.8) is 0 Å². The predicted octanol–water partition coefficient (Wildman–Crippen LogP) is 8.16. The van der Waals surface area contributed by atoms with Gasteiger partial charge in [-0.2, -0.15) is 0 Å². The summed E-state index contributed by atoms with van der Waals surface area (Å²) in [5.41, 5.74) is 7.20.